The van der Waals surface area contributed by atoms with Crippen LogP contribution in [0.5, 0.6) is 11.5 Å². The highest BCUT2D eigenvalue weighted by Crippen LogP contribution is 2.40. The van der Waals surface area contributed by atoms with E-state index in [1.165, 1.54) is 12.8 Å². The van der Waals surface area contributed by atoms with Gasteiger partial charge in [0.05, 0.1) is 12.2 Å². The van der Waals surface area contributed by atoms with Crippen LogP contribution in [0.15, 0.2) is 42.9 Å². The number of anilines is 2. The lowest BCUT2D eigenvalue weighted by Gasteiger charge is -2.21. The van der Waals surface area contributed by atoms with Gasteiger partial charge in [-0.05, 0) is 43.9 Å². The number of nitrogens with one attached hydrogen (secondary N) is 1. The fraction of sp³-hybridized carbons (Fsp3) is 0.480. The molecule has 0 atom stereocenters. The summed E-state index contributed by atoms with van der Waals surface area (Å²) in [5.74, 6) is 2.71. The third kappa shape index (κ3) is 4.78. The van der Waals surface area contributed by atoms with E-state index in [2.05, 4.69) is 53.0 Å². The zero-order valence-electron chi connectivity index (χ0n) is 19.0. The molecule has 168 valence electrons. The minimum atomic E-state index is -0.0155. The normalized spacial score (nSPS) is 17.3. The minimum absolute atomic E-state index is 0.0155. The summed E-state index contributed by atoms with van der Waals surface area (Å²) in [7, 11) is 0. The smallest absolute Gasteiger partial charge is 0.168 e. The van der Waals surface area contributed by atoms with E-state index < -0.39 is 0 Å². The molecular formula is C25H31N5O2. The monoisotopic (exact) mass is 433 g/mol. The summed E-state index contributed by atoms with van der Waals surface area (Å²) in [4.78, 5) is 8.97. The second-order valence-corrected chi connectivity index (χ2v) is 9.76. The largest absolute Gasteiger partial charge is 0.454 e. The number of aromatic nitrogens is 4. The molecule has 7 heteroatoms. The Morgan fingerprint density at radius 3 is 2.56 bits per heavy atom. The highest BCUT2D eigenvalue weighted by Gasteiger charge is 2.29. The fourth-order valence-corrected chi connectivity index (χ4v) is 3.98. The van der Waals surface area contributed by atoms with Crippen LogP contribution in [0.2, 0.25) is 0 Å². The second-order valence-electron chi connectivity index (χ2n) is 9.76. The molecule has 1 aliphatic carbocycles. The molecule has 32 heavy (non-hydrogen) atoms. The average Bonchev–Trinajstić information content (AvgIpc) is 3.55. The molecule has 5 rings (SSSR count). The van der Waals surface area contributed by atoms with Crippen molar-refractivity contribution >= 4 is 11.5 Å². The lowest BCUT2D eigenvalue weighted by molar-refractivity contribution is 0.0839. The maximum atomic E-state index is 6.36. The lowest BCUT2D eigenvalue weighted by Crippen LogP contribution is -2.15. The van der Waals surface area contributed by atoms with Crippen LogP contribution in [-0.4, -0.2) is 33.0 Å². The Kier molecular flexibility index (Phi) is 5.59. The maximum absolute atomic E-state index is 6.36. The Balaban J connectivity index is 1.36. The molecule has 2 aliphatic rings. The molecule has 0 spiro atoms. The number of ether oxygens (including phenoxy) is 2. The van der Waals surface area contributed by atoms with E-state index in [0.29, 0.717) is 12.0 Å². The fourth-order valence-electron chi connectivity index (χ4n) is 3.98. The average molecular weight is 434 g/mol. The van der Waals surface area contributed by atoms with Crippen molar-refractivity contribution in [2.45, 2.75) is 63.8 Å². The van der Waals surface area contributed by atoms with Crippen LogP contribution in [0, 0.1) is 0 Å². The van der Waals surface area contributed by atoms with E-state index in [1.54, 1.807) is 6.20 Å². The van der Waals surface area contributed by atoms with Crippen LogP contribution in [0.25, 0.3) is 0 Å². The van der Waals surface area contributed by atoms with Gasteiger partial charge in [0.1, 0.15) is 17.3 Å². The van der Waals surface area contributed by atoms with Gasteiger partial charge in [0, 0.05) is 54.4 Å². The van der Waals surface area contributed by atoms with E-state index in [1.807, 2.05) is 24.4 Å². The number of rotatable bonds is 6. The first kappa shape index (κ1) is 20.9. The molecule has 7 nitrogen and oxygen atoms in total. The molecular weight excluding hydrogens is 402 g/mol. The van der Waals surface area contributed by atoms with Crippen molar-refractivity contribution in [3.8, 4) is 11.5 Å². The first-order valence-corrected chi connectivity index (χ1v) is 11.5. The molecule has 0 radical (unpaired) electrons. The topological polar surface area (TPSA) is 74.1 Å². The van der Waals surface area contributed by atoms with E-state index in [0.717, 1.165) is 60.4 Å². The van der Waals surface area contributed by atoms with Gasteiger partial charge in [0.25, 0.3) is 0 Å². The van der Waals surface area contributed by atoms with Crippen molar-refractivity contribution in [1.82, 2.24) is 19.7 Å². The standard InChI is InChI=1S/C25H31N5O2/c1-25(2,3)22-14-18(6-10-26-22)28-23-15-20(7-11-27-23)32-21-16-30(19-4-5-19)29-24(21)17-8-12-31-13-9-17/h6-7,10-11,14-17,19H,4-5,8-9,12-13H2,1-3H3,(H,26,27,28). The lowest BCUT2D eigenvalue weighted by atomic mass is 9.91. The van der Waals surface area contributed by atoms with E-state index >= 15 is 0 Å². The van der Waals surface area contributed by atoms with Gasteiger partial charge in [0.2, 0.25) is 0 Å². The summed E-state index contributed by atoms with van der Waals surface area (Å²) in [6.07, 6.45) is 10.0. The van der Waals surface area contributed by atoms with Crippen molar-refractivity contribution < 1.29 is 9.47 Å². The Morgan fingerprint density at radius 2 is 1.81 bits per heavy atom. The van der Waals surface area contributed by atoms with E-state index in [9.17, 15) is 0 Å². The molecule has 0 unspecified atom stereocenters. The second kappa shape index (κ2) is 8.54. The molecule has 1 aliphatic heterocycles. The molecule has 1 N–H and O–H groups in total. The highest BCUT2D eigenvalue weighted by molar-refractivity contribution is 5.58. The maximum Gasteiger partial charge on any atom is 0.168 e. The predicted molar refractivity (Wildman–Crippen MR) is 124 cm³/mol. The zero-order valence-corrected chi connectivity index (χ0v) is 19.0. The molecule has 0 aromatic carbocycles. The summed E-state index contributed by atoms with van der Waals surface area (Å²) >= 11 is 0. The summed E-state index contributed by atoms with van der Waals surface area (Å²) in [6, 6.07) is 8.36. The van der Waals surface area contributed by atoms with Crippen molar-refractivity contribution in [1.29, 1.82) is 0 Å². The number of pyridine rings is 2. The Morgan fingerprint density at radius 1 is 1.03 bits per heavy atom. The van der Waals surface area contributed by atoms with Gasteiger partial charge in [-0.3, -0.25) is 9.67 Å². The van der Waals surface area contributed by atoms with E-state index in [-0.39, 0.29) is 5.41 Å². The van der Waals surface area contributed by atoms with Gasteiger partial charge < -0.3 is 14.8 Å². The van der Waals surface area contributed by atoms with Gasteiger partial charge >= 0.3 is 0 Å². The van der Waals surface area contributed by atoms with Crippen LogP contribution in [0.1, 0.15) is 69.8 Å². The number of nitrogens with zero attached hydrogens (tertiary/aromatic N) is 4. The Hall–Kier alpha value is -2.93. The van der Waals surface area contributed by atoms with Crippen molar-refractivity contribution in [2.75, 3.05) is 18.5 Å². The van der Waals surface area contributed by atoms with Gasteiger partial charge in [-0.2, -0.15) is 5.10 Å². The quantitative estimate of drug-likeness (QED) is 0.535. The first-order chi connectivity index (χ1) is 15.5. The molecule has 1 saturated carbocycles. The van der Waals surface area contributed by atoms with Crippen molar-refractivity contribution in [3.63, 3.8) is 0 Å². The molecule has 2 fully saturated rings. The summed E-state index contributed by atoms with van der Waals surface area (Å²) in [5.41, 5.74) is 3.02. The van der Waals surface area contributed by atoms with Crippen LogP contribution in [-0.2, 0) is 10.2 Å². The van der Waals surface area contributed by atoms with Gasteiger partial charge in [-0.25, -0.2) is 4.98 Å². The molecule has 3 aromatic heterocycles. The van der Waals surface area contributed by atoms with Gasteiger partial charge in [-0.15, -0.1) is 0 Å². The highest BCUT2D eigenvalue weighted by atomic mass is 16.5. The molecule has 4 heterocycles. The Bertz CT molecular complexity index is 1080. The summed E-state index contributed by atoms with van der Waals surface area (Å²) in [6.45, 7) is 8.04. The number of hydrogen-bond acceptors (Lipinski definition) is 6. The zero-order chi connectivity index (χ0) is 22.1. The third-order valence-corrected chi connectivity index (χ3v) is 6.01. The molecule has 1 saturated heterocycles. The Labute approximate surface area is 189 Å². The summed E-state index contributed by atoms with van der Waals surface area (Å²) in [5, 5.41) is 8.30. The number of hydrogen-bond donors (Lipinski definition) is 1. The van der Waals surface area contributed by atoms with Crippen LogP contribution >= 0.6 is 0 Å². The van der Waals surface area contributed by atoms with Gasteiger partial charge in [-0.1, -0.05) is 20.8 Å². The van der Waals surface area contributed by atoms with Crippen molar-refractivity contribution in [3.05, 3.63) is 54.2 Å². The molecule has 0 amide bonds. The molecule has 0 bridgehead atoms. The van der Waals surface area contributed by atoms with Crippen LogP contribution < -0.4 is 10.1 Å². The summed E-state index contributed by atoms with van der Waals surface area (Å²) < 4.78 is 14.0. The van der Waals surface area contributed by atoms with Gasteiger partial charge in [0.15, 0.2) is 5.75 Å². The predicted octanol–water partition coefficient (Wildman–Crippen LogP) is 5.74. The van der Waals surface area contributed by atoms with Crippen molar-refractivity contribution in [2.24, 2.45) is 0 Å². The molecule has 3 aromatic rings. The van der Waals surface area contributed by atoms with E-state index in [4.69, 9.17) is 14.6 Å². The first-order valence-electron chi connectivity index (χ1n) is 11.5. The minimum Gasteiger partial charge on any atom is -0.454 e. The van der Waals surface area contributed by atoms with Crippen LogP contribution in [0.3, 0.4) is 0 Å². The third-order valence-electron chi connectivity index (χ3n) is 6.01. The SMILES string of the molecule is CC(C)(C)c1cc(Nc2cc(Oc3cn(C4CC4)nc3C3CCOCC3)ccn2)ccn1. The van der Waals surface area contributed by atoms with Crippen LogP contribution in [0.4, 0.5) is 11.5 Å².